The Morgan fingerprint density at radius 3 is 2.81 bits per heavy atom. The molecule has 0 saturated heterocycles. The molecule has 0 bridgehead atoms. The van der Waals surface area contributed by atoms with E-state index >= 15 is 0 Å². The molecule has 1 N–H and O–H groups in total. The summed E-state index contributed by atoms with van der Waals surface area (Å²) in [5, 5.41) is 17.0. The molecule has 7 heteroatoms. The number of furan rings is 1. The number of nitriles is 1. The van der Waals surface area contributed by atoms with Crippen LogP contribution in [0.25, 0.3) is 11.0 Å². The van der Waals surface area contributed by atoms with Gasteiger partial charge < -0.3 is 9.73 Å². The first-order chi connectivity index (χ1) is 12.4. The number of aromatic nitrogens is 2. The van der Waals surface area contributed by atoms with Crippen molar-refractivity contribution >= 4 is 16.9 Å². The maximum atomic E-state index is 12.3. The molecule has 0 radical (unpaired) electrons. The lowest BCUT2D eigenvalue weighted by Gasteiger charge is -2.13. The zero-order chi connectivity index (χ0) is 18.8. The Morgan fingerprint density at radius 1 is 1.38 bits per heavy atom. The van der Waals surface area contributed by atoms with Gasteiger partial charge in [-0.1, -0.05) is 18.2 Å². The second-order valence-corrected chi connectivity index (χ2v) is 6.14. The number of nitrogens with one attached hydrogen (secondary N) is 1. The van der Waals surface area contributed by atoms with Gasteiger partial charge in [0.15, 0.2) is 0 Å². The minimum absolute atomic E-state index is 0.00985. The largest absolute Gasteiger partial charge is 0.459 e. The number of aryl methyl sites for hydroxylation is 1. The van der Waals surface area contributed by atoms with Crippen molar-refractivity contribution in [3.05, 3.63) is 63.3 Å². The molecule has 0 fully saturated rings. The Labute approximate surface area is 149 Å². The maximum absolute atomic E-state index is 12.3. The zero-order valence-corrected chi connectivity index (χ0v) is 14.7. The van der Waals surface area contributed by atoms with Crippen LogP contribution in [0.5, 0.6) is 0 Å². The monoisotopic (exact) mass is 350 g/mol. The highest BCUT2D eigenvalue weighted by atomic mass is 16.3. The van der Waals surface area contributed by atoms with Crippen molar-refractivity contribution in [3.63, 3.8) is 0 Å². The molecule has 2 aromatic heterocycles. The third-order valence-corrected chi connectivity index (χ3v) is 4.29. The van der Waals surface area contributed by atoms with E-state index in [1.54, 1.807) is 20.8 Å². The van der Waals surface area contributed by atoms with Gasteiger partial charge in [0.2, 0.25) is 5.91 Å². The van der Waals surface area contributed by atoms with Crippen LogP contribution < -0.4 is 10.9 Å². The molecule has 1 aromatic carbocycles. The Bertz CT molecular complexity index is 1060. The van der Waals surface area contributed by atoms with Gasteiger partial charge in [-0.2, -0.15) is 10.4 Å². The third-order valence-electron chi connectivity index (χ3n) is 4.29. The van der Waals surface area contributed by atoms with Gasteiger partial charge in [-0.3, -0.25) is 9.59 Å². The Balaban J connectivity index is 1.78. The molecule has 26 heavy (non-hydrogen) atoms. The summed E-state index contributed by atoms with van der Waals surface area (Å²) in [5.41, 5.74) is 1.26. The fourth-order valence-electron chi connectivity index (χ4n) is 2.72. The van der Waals surface area contributed by atoms with Crippen molar-refractivity contribution in [3.8, 4) is 6.07 Å². The number of carbonyl (C=O) groups excluding carboxylic acids is 1. The van der Waals surface area contributed by atoms with Crippen LogP contribution in [-0.4, -0.2) is 15.7 Å². The first kappa shape index (κ1) is 17.4. The Kier molecular flexibility index (Phi) is 4.59. The fraction of sp³-hybridized carbons (Fsp3) is 0.263. The van der Waals surface area contributed by atoms with Crippen LogP contribution in [0.4, 0.5) is 0 Å². The number of hydrogen-bond donors (Lipinski definition) is 1. The van der Waals surface area contributed by atoms with Gasteiger partial charge in [-0.05, 0) is 38.5 Å². The van der Waals surface area contributed by atoms with Gasteiger partial charge in [-0.25, -0.2) is 4.68 Å². The summed E-state index contributed by atoms with van der Waals surface area (Å²) in [4.78, 5) is 24.6. The van der Waals surface area contributed by atoms with Crippen LogP contribution in [-0.2, 0) is 11.3 Å². The van der Waals surface area contributed by atoms with Crippen LogP contribution in [0.2, 0.25) is 0 Å². The van der Waals surface area contributed by atoms with Gasteiger partial charge in [0.25, 0.3) is 5.56 Å². The second kappa shape index (κ2) is 6.84. The van der Waals surface area contributed by atoms with E-state index in [0.29, 0.717) is 17.0 Å². The van der Waals surface area contributed by atoms with E-state index in [0.717, 1.165) is 15.7 Å². The van der Waals surface area contributed by atoms with E-state index in [9.17, 15) is 9.59 Å². The van der Waals surface area contributed by atoms with E-state index < -0.39 is 5.56 Å². The number of carbonyl (C=O) groups is 1. The van der Waals surface area contributed by atoms with E-state index in [4.69, 9.17) is 9.68 Å². The lowest BCUT2D eigenvalue weighted by molar-refractivity contribution is -0.122. The third kappa shape index (κ3) is 3.22. The molecule has 0 aliphatic rings. The maximum Gasteiger partial charge on any atom is 0.285 e. The van der Waals surface area contributed by atoms with Gasteiger partial charge in [0, 0.05) is 5.39 Å². The minimum atomic E-state index is -0.567. The van der Waals surface area contributed by atoms with Crippen molar-refractivity contribution in [1.29, 1.82) is 5.26 Å². The Morgan fingerprint density at radius 2 is 2.12 bits per heavy atom. The van der Waals surface area contributed by atoms with Crippen LogP contribution >= 0.6 is 0 Å². The average molecular weight is 350 g/mol. The summed E-state index contributed by atoms with van der Waals surface area (Å²) in [6.07, 6.45) is 0. The molecule has 3 rings (SSSR count). The molecule has 0 aliphatic heterocycles. The smallest absolute Gasteiger partial charge is 0.285 e. The molecule has 7 nitrogen and oxygen atoms in total. The summed E-state index contributed by atoms with van der Waals surface area (Å²) in [7, 11) is 0. The summed E-state index contributed by atoms with van der Waals surface area (Å²) >= 11 is 0. The van der Waals surface area contributed by atoms with E-state index in [1.165, 1.54) is 0 Å². The predicted octanol–water partition coefficient (Wildman–Crippen LogP) is 2.36. The molecule has 1 amide bonds. The highest BCUT2D eigenvalue weighted by Crippen LogP contribution is 2.23. The van der Waals surface area contributed by atoms with Crippen LogP contribution in [0.15, 0.2) is 39.5 Å². The minimum Gasteiger partial charge on any atom is -0.459 e. The molecule has 0 spiro atoms. The predicted molar refractivity (Wildman–Crippen MR) is 95.5 cm³/mol. The molecular weight excluding hydrogens is 332 g/mol. The lowest BCUT2D eigenvalue weighted by atomic mass is 10.1. The highest BCUT2D eigenvalue weighted by molar-refractivity contribution is 5.79. The van der Waals surface area contributed by atoms with Gasteiger partial charge in [0.05, 0.1) is 11.7 Å². The van der Waals surface area contributed by atoms with Crippen molar-refractivity contribution in [2.45, 2.75) is 33.4 Å². The van der Waals surface area contributed by atoms with Crippen molar-refractivity contribution in [2.24, 2.45) is 0 Å². The molecular formula is C19H18N4O3. The molecule has 2 heterocycles. The standard InChI is InChI=1S/C19H18N4O3/c1-11-12(2)22-23(19(25)15(11)9-20)10-18(24)21-13(3)17-8-14-6-4-5-7-16(14)26-17/h4-8,13H,10H2,1-3H3,(H,21,24)/t13-/m0/s1. The van der Waals surface area contributed by atoms with Crippen LogP contribution in [0.3, 0.4) is 0 Å². The molecule has 132 valence electrons. The van der Waals surface area contributed by atoms with Gasteiger partial charge >= 0.3 is 0 Å². The fourth-order valence-corrected chi connectivity index (χ4v) is 2.72. The quantitative estimate of drug-likeness (QED) is 0.778. The lowest BCUT2D eigenvalue weighted by Crippen LogP contribution is -2.36. The van der Waals surface area contributed by atoms with E-state index in [-0.39, 0.29) is 24.1 Å². The molecule has 1 atom stereocenters. The average Bonchev–Trinajstić information content (AvgIpc) is 3.04. The number of hydrogen-bond acceptors (Lipinski definition) is 5. The zero-order valence-electron chi connectivity index (χ0n) is 14.7. The van der Waals surface area contributed by atoms with Gasteiger partial charge in [0.1, 0.15) is 29.5 Å². The molecule has 3 aromatic rings. The summed E-state index contributed by atoms with van der Waals surface area (Å²) < 4.78 is 6.75. The second-order valence-electron chi connectivity index (χ2n) is 6.14. The first-order valence-electron chi connectivity index (χ1n) is 8.17. The van der Waals surface area contributed by atoms with Crippen molar-refractivity contribution in [1.82, 2.24) is 15.1 Å². The number of fused-ring (bicyclic) bond motifs is 1. The van der Waals surface area contributed by atoms with E-state index in [1.807, 2.05) is 36.4 Å². The number of rotatable bonds is 4. The number of amides is 1. The number of nitrogens with zero attached hydrogens (tertiary/aromatic N) is 3. The van der Waals surface area contributed by atoms with Gasteiger partial charge in [-0.15, -0.1) is 0 Å². The SMILES string of the molecule is Cc1nn(CC(=O)N[C@@H](C)c2cc3ccccc3o2)c(=O)c(C#N)c1C. The summed E-state index contributed by atoms with van der Waals surface area (Å²) in [6.45, 7) is 4.89. The normalized spacial score (nSPS) is 11.9. The highest BCUT2D eigenvalue weighted by Gasteiger charge is 2.17. The number of benzene rings is 1. The molecule has 0 saturated carbocycles. The van der Waals surface area contributed by atoms with Crippen LogP contribution in [0, 0.1) is 25.2 Å². The summed E-state index contributed by atoms with van der Waals surface area (Å²) in [6, 6.07) is 11.0. The van der Waals surface area contributed by atoms with Crippen molar-refractivity contribution < 1.29 is 9.21 Å². The molecule has 0 unspecified atom stereocenters. The topological polar surface area (TPSA) is 101 Å². The molecule has 0 aliphatic carbocycles. The summed E-state index contributed by atoms with van der Waals surface area (Å²) in [5.74, 6) is 0.234. The number of para-hydroxylation sites is 1. The van der Waals surface area contributed by atoms with Crippen LogP contribution in [0.1, 0.15) is 35.5 Å². The first-order valence-corrected chi connectivity index (χ1v) is 8.17. The van der Waals surface area contributed by atoms with Crippen molar-refractivity contribution in [2.75, 3.05) is 0 Å². The van der Waals surface area contributed by atoms with E-state index in [2.05, 4.69) is 10.4 Å². The Hall–Kier alpha value is -3.40.